The number of benzene rings is 1. The van der Waals surface area contributed by atoms with E-state index in [0.717, 1.165) is 20.6 Å². The van der Waals surface area contributed by atoms with Crippen molar-refractivity contribution >= 4 is 34.2 Å². The van der Waals surface area contributed by atoms with Crippen LogP contribution in [0.2, 0.25) is 5.15 Å². The first-order valence-corrected chi connectivity index (χ1v) is 7.52. The molecule has 1 aliphatic carbocycles. The van der Waals surface area contributed by atoms with Gasteiger partial charge in [-0.2, -0.15) is 0 Å². The second-order valence-electron chi connectivity index (χ2n) is 4.54. The Labute approximate surface area is 130 Å². The van der Waals surface area contributed by atoms with Gasteiger partial charge in [0.1, 0.15) is 10.9 Å². The van der Waals surface area contributed by atoms with E-state index in [1.165, 1.54) is 12.8 Å². The number of aromatic nitrogens is 2. The lowest BCUT2D eigenvalue weighted by atomic mass is 10.2. The third kappa shape index (κ3) is 2.69. The van der Waals surface area contributed by atoms with Gasteiger partial charge in [-0.15, -0.1) is 0 Å². The molecule has 0 atom stereocenters. The fourth-order valence-corrected chi connectivity index (χ4v) is 2.81. The molecular weight excluding hydrogens is 375 g/mol. The summed E-state index contributed by atoms with van der Waals surface area (Å²) in [5.74, 6) is 2.02. The van der Waals surface area contributed by atoms with Gasteiger partial charge in [-0.05, 0) is 47.6 Å². The van der Waals surface area contributed by atoms with Crippen molar-refractivity contribution in [3.8, 4) is 17.1 Å². The van der Waals surface area contributed by atoms with E-state index in [1.54, 1.807) is 7.11 Å². The van der Waals surface area contributed by atoms with E-state index in [4.69, 9.17) is 16.3 Å². The number of ether oxygens (including phenoxy) is 1. The highest BCUT2D eigenvalue weighted by Crippen LogP contribution is 2.42. The number of halogens is 2. The van der Waals surface area contributed by atoms with E-state index in [1.807, 2.05) is 24.3 Å². The lowest BCUT2D eigenvalue weighted by molar-refractivity contribution is 0.415. The van der Waals surface area contributed by atoms with Gasteiger partial charge in [-0.25, -0.2) is 9.97 Å². The molecule has 1 heterocycles. The molecule has 0 unspecified atom stereocenters. The topological polar surface area (TPSA) is 35.0 Å². The summed E-state index contributed by atoms with van der Waals surface area (Å²) in [5.41, 5.74) is 2.01. The molecule has 1 aromatic carbocycles. The molecule has 1 aromatic heterocycles. The van der Waals surface area contributed by atoms with Gasteiger partial charge in [0.25, 0.3) is 0 Å². The molecule has 3 rings (SSSR count). The van der Waals surface area contributed by atoms with E-state index in [-0.39, 0.29) is 0 Å². The third-order valence-corrected chi connectivity index (χ3v) is 4.78. The summed E-state index contributed by atoms with van der Waals surface area (Å²) >= 11 is 8.45. The molecule has 1 aliphatic rings. The summed E-state index contributed by atoms with van der Waals surface area (Å²) in [6.45, 7) is 0. The first kappa shape index (κ1) is 13.1. The monoisotopic (exact) mass is 386 g/mol. The van der Waals surface area contributed by atoms with Gasteiger partial charge in [0.2, 0.25) is 0 Å². The molecule has 19 heavy (non-hydrogen) atoms. The van der Waals surface area contributed by atoms with Crippen molar-refractivity contribution in [2.75, 3.05) is 7.11 Å². The average Bonchev–Trinajstić information content (AvgIpc) is 3.26. The smallest absolute Gasteiger partial charge is 0.161 e. The van der Waals surface area contributed by atoms with E-state index >= 15 is 0 Å². The normalized spacial score (nSPS) is 14.5. The minimum Gasteiger partial charge on any atom is -0.497 e. The zero-order chi connectivity index (χ0) is 13.4. The predicted molar refractivity (Wildman–Crippen MR) is 83.7 cm³/mol. The molecule has 0 spiro atoms. The van der Waals surface area contributed by atoms with Gasteiger partial charge in [-0.1, -0.05) is 23.7 Å². The van der Waals surface area contributed by atoms with Crippen LogP contribution in [0.4, 0.5) is 0 Å². The standard InChI is InChI=1S/C14H12ClIN2O/c1-19-10-4-2-3-9(7-10)14-17-12(8-5-6-8)11(16)13(15)18-14/h2-4,7-8H,5-6H2,1H3. The van der Waals surface area contributed by atoms with Crippen LogP contribution >= 0.6 is 34.2 Å². The second-order valence-corrected chi connectivity index (χ2v) is 5.98. The van der Waals surface area contributed by atoms with Crippen LogP contribution in [0.15, 0.2) is 24.3 Å². The number of nitrogens with zero attached hydrogens (tertiary/aromatic N) is 2. The van der Waals surface area contributed by atoms with Crippen LogP contribution in [0.5, 0.6) is 5.75 Å². The molecule has 0 radical (unpaired) electrons. The number of rotatable bonds is 3. The molecule has 0 bridgehead atoms. The highest BCUT2D eigenvalue weighted by atomic mass is 127. The van der Waals surface area contributed by atoms with Crippen molar-refractivity contribution in [3.05, 3.63) is 38.7 Å². The minimum atomic E-state index is 0.537. The molecule has 1 saturated carbocycles. The Balaban J connectivity index is 2.08. The van der Waals surface area contributed by atoms with Crippen LogP contribution in [-0.2, 0) is 0 Å². The summed E-state index contributed by atoms with van der Waals surface area (Å²) < 4.78 is 6.21. The van der Waals surface area contributed by atoms with Crippen molar-refractivity contribution < 1.29 is 4.74 Å². The largest absolute Gasteiger partial charge is 0.497 e. The Bertz CT molecular complexity index is 629. The quantitative estimate of drug-likeness (QED) is 0.583. The van der Waals surface area contributed by atoms with Crippen LogP contribution < -0.4 is 4.74 Å². The number of hydrogen-bond acceptors (Lipinski definition) is 3. The van der Waals surface area contributed by atoms with Crippen molar-refractivity contribution in [3.63, 3.8) is 0 Å². The Morgan fingerprint density at radius 1 is 1.32 bits per heavy atom. The molecule has 0 saturated heterocycles. The van der Waals surface area contributed by atoms with E-state index in [2.05, 4.69) is 32.6 Å². The Hall–Kier alpha value is -0.880. The summed E-state index contributed by atoms with van der Waals surface area (Å²) in [4.78, 5) is 9.06. The number of methoxy groups -OCH3 is 1. The zero-order valence-electron chi connectivity index (χ0n) is 10.4. The van der Waals surface area contributed by atoms with Crippen molar-refractivity contribution in [2.24, 2.45) is 0 Å². The Morgan fingerprint density at radius 2 is 2.11 bits per heavy atom. The van der Waals surface area contributed by atoms with Crippen LogP contribution in [-0.4, -0.2) is 17.1 Å². The van der Waals surface area contributed by atoms with Gasteiger partial charge in [0.15, 0.2) is 5.82 Å². The van der Waals surface area contributed by atoms with Gasteiger partial charge < -0.3 is 4.74 Å². The van der Waals surface area contributed by atoms with Crippen LogP contribution in [0.1, 0.15) is 24.5 Å². The van der Waals surface area contributed by atoms with Crippen LogP contribution in [0.3, 0.4) is 0 Å². The fourth-order valence-electron chi connectivity index (χ4n) is 1.95. The number of hydrogen-bond donors (Lipinski definition) is 0. The van der Waals surface area contributed by atoms with Crippen LogP contribution in [0.25, 0.3) is 11.4 Å². The van der Waals surface area contributed by atoms with Gasteiger partial charge in [0.05, 0.1) is 16.4 Å². The Kier molecular flexibility index (Phi) is 3.62. The average molecular weight is 387 g/mol. The fraction of sp³-hybridized carbons (Fsp3) is 0.286. The van der Waals surface area contributed by atoms with Crippen molar-refractivity contribution in [1.29, 1.82) is 0 Å². The highest BCUT2D eigenvalue weighted by molar-refractivity contribution is 14.1. The van der Waals surface area contributed by atoms with Crippen molar-refractivity contribution in [2.45, 2.75) is 18.8 Å². The van der Waals surface area contributed by atoms with Gasteiger partial charge in [-0.3, -0.25) is 0 Å². The summed E-state index contributed by atoms with van der Waals surface area (Å²) in [6, 6.07) is 7.73. The first-order chi connectivity index (χ1) is 9.19. The SMILES string of the molecule is COc1cccc(-c2nc(Cl)c(I)c(C3CC3)n2)c1. The molecule has 0 N–H and O–H groups in total. The lowest BCUT2D eigenvalue weighted by Crippen LogP contribution is -1.99. The Morgan fingerprint density at radius 3 is 2.79 bits per heavy atom. The van der Waals surface area contributed by atoms with E-state index in [9.17, 15) is 0 Å². The zero-order valence-corrected chi connectivity index (χ0v) is 13.3. The summed E-state index contributed by atoms with van der Waals surface area (Å²) in [6.07, 6.45) is 2.39. The second kappa shape index (κ2) is 5.25. The molecule has 98 valence electrons. The molecule has 1 fully saturated rings. The van der Waals surface area contributed by atoms with Gasteiger partial charge in [0, 0.05) is 11.5 Å². The van der Waals surface area contributed by atoms with Crippen molar-refractivity contribution in [1.82, 2.24) is 9.97 Å². The van der Waals surface area contributed by atoms with E-state index < -0.39 is 0 Å². The maximum Gasteiger partial charge on any atom is 0.161 e. The summed E-state index contributed by atoms with van der Waals surface area (Å²) in [7, 11) is 1.65. The predicted octanol–water partition coefficient (Wildman–Crippen LogP) is 4.29. The van der Waals surface area contributed by atoms with Crippen LogP contribution in [0, 0.1) is 3.57 Å². The maximum atomic E-state index is 6.22. The van der Waals surface area contributed by atoms with Gasteiger partial charge >= 0.3 is 0 Å². The molecule has 5 heteroatoms. The maximum absolute atomic E-state index is 6.22. The molecule has 0 aliphatic heterocycles. The highest BCUT2D eigenvalue weighted by Gasteiger charge is 2.29. The third-order valence-electron chi connectivity index (χ3n) is 3.13. The molecule has 2 aromatic rings. The summed E-state index contributed by atoms with van der Waals surface area (Å²) in [5, 5.41) is 0.537. The molecule has 3 nitrogen and oxygen atoms in total. The molecular formula is C14H12ClIN2O. The minimum absolute atomic E-state index is 0.537. The lowest BCUT2D eigenvalue weighted by Gasteiger charge is -2.08. The first-order valence-electron chi connectivity index (χ1n) is 6.06. The molecule has 0 amide bonds. The van der Waals surface area contributed by atoms with E-state index in [0.29, 0.717) is 16.9 Å².